The van der Waals surface area contributed by atoms with Crippen molar-refractivity contribution in [1.29, 1.82) is 0 Å². The van der Waals surface area contributed by atoms with E-state index in [1.807, 2.05) is 48.5 Å². The predicted octanol–water partition coefficient (Wildman–Crippen LogP) is 10.6. The molecule has 0 fully saturated rings. The summed E-state index contributed by atoms with van der Waals surface area (Å²) in [5, 5.41) is 5.99. The van der Waals surface area contributed by atoms with Crippen LogP contribution in [-0.2, 0) is 6.54 Å². The lowest BCUT2D eigenvalue weighted by Gasteiger charge is -2.26. The average Bonchev–Trinajstić information content (AvgIpc) is 3.23. The number of hydrogen-bond donors (Lipinski definition) is 2. The van der Waals surface area contributed by atoms with E-state index in [2.05, 4.69) is 151 Å². The number of fused-ring (bicyclic) bond motifs is 1. The predicted molar refractivity (Wildman–Crippen MR) is 218 cm³/mol. The molecule has 0 saturated heterocycles. The Labute approximate surface area is 305 Å². The molecule has 1 unspecified atom stereocenters. The van der Waals surface area contributed by atoms with Crippen molar-refractivity contribution in [1.82, 2.24) is 5.32 Å². The third-order valence-electron chi connectivity index (χ3n) is 9.43. The van der Waals surface area contributed by atoms with Gasteiger partial charge in [-0.05, 0) is 61.9 Å². The fourth-order valence-electron chi connectivity index (χ4n) is 6.74. The van der Waals surface area contributed by atoms with Crippen molar-refractivity contribution in [2.75, 3.05) is 0 Å². The summed E-state index contributed by atoms with van der Waals surface area (Å²) in [6, 6.07) is 62.9. The average molecular weight is 671 g/mol. The van der Waals surface area contributed by atoms with Gasteiger partial charge in [-0.15, -0.1) is 0 Å². The SMILES string of the molecule is NC(=NC(=NCc1ccccc1)c1c(-c2ccc(C3=CC(c4ccccc4)=CC(c4ccccc4)N3)cc2)ccc2ccccc12)c1ccccc1. The van der Waals surface area contributed by atoms with Gasteiger partial charge in [0, 0.05) is 16.8 Å². The van der Waals surface area contributed by atoms with Gasteiger partial charge in [0.15, 0.2) is 5.84 Å². The highest BCUT2D eigenvalue weighted by molar-refractivity contribution is 6.19. The molecule has 8 rings (SSSR count). The first-order valence-corrected chi connectivity index (χ1v) is 17.6. The molecule has 7 aromatic rings. The summed E-state index contributed by atoms with van der Waals surface area (Å²) in [4.78, 5) is 10.2. The maximum atomic E-state index is 6.70. The van der Waals surface area contributed by atoms with E-state index in [0.717, 1.165) is 49.9 Å². The zero-order chi connectivity index (χ0) is 35.1. The standard InChI is InChI=1S/C48H38N4/c49-47(40-22-11-4-12-23-40)52-48(50-33-34-15-5-1-6-16-34)46-42-24-14-13-19-36(42)29-30-43(46)37-25-27-39(28-26-37)45-32-41(35-17-7-2-8-18-35)31-44(51-45)38-20-9-3-10-21-38/h1-32,44,51H,33H2,(H2,49,50,52). The van der Waals surface area contributed by atoms with Crippen molar-refractivity contribution in [3.63, 3.8) is 0 Å². The van der Waals surface area contributed by atoms with E-state index in [0.29, 0.717) is 18.2 Å². The van der Waals surface area contributed by atoms with E-state index in [-0.39, 0.29) is 6.04 Å². The molecule has 1 atom stereocenters. The molecule has 4 heteroatoms. The van der Waals surface area contributed by atoms with Gasteiger partial charge in [0.2, 0.25) is 0 Å². The van der Waals surface area contributed by atoms with Gasteiger partial charge in [0.05, 0.1) is 12.6 Å². The lowest BCUT2D eigenvalue weighted by molar-refractivity contribution is 0.767. The van der Waals surface area contributed by atoms with Gasteiger partial charge in [0.25, 0.3) is 0 Å². The molecule has 1 aliphatic rings. The lowest BCUT2D eigenvalue weighted by atomic mass is 9.91. The molecule has 0 spiro atoms. The first-order chi connectivity index (χ1) is 25.7. The Bertz CT molecular complexity index is 2430. The maximum Gasteiger partial charge on any atom is 0.158 e. The van der Waals surface area contributed by atoms with Gasteiger partial charge < -0.3 is 11.1 Å². The molecule has 250 valence electrons. The molecule has 0 radical (unpaired) electrons. The molecule has 1 heterocycles. The number of nitrogens with zero attached hydrogens (tertiary/aromatic N) is 2. The number of amidine groups is 2. The Balaban J connectivity index is 1.22. The van der Waals surface area contributed by atoms with E-state index >= 15 is 0 Å². The van der Waals surface area contributed by atoms with Crippen molar-refractivity contribution in [3.8, 4) is 11.1 Å². The van der Waals surface area contributed by atoms with Crippen LogP contribution in [0.4, 0.5) is 0 Å². The summed E-state index contributed by atoms with van der Waals surface area (Å²) in [5.41, 5.74) is 17.5. The van der Waals surface area contributed by atoms with Gasteiger partial charge >= 0.3 is 0 Å². The topological polar surface area (TPSA) is 62.8 Å². The number of nitrogens with two attached hydrogens (primary N) is 1. The number of allylic oxidation sites excluding steroid dienone is 2. The van der Waals surface area contributed by atoms with Crippen molar-refractivity contribution in [2.24, 2.45) is 15.7 Å². The lowest BCUT2D eigenvalue weighted by Crippen LogP contribution is -2.21. The smallest absolute Gasteiger partial charge is 0.158 e. The largest absolute Gasteiger partial charge is 0.383 e. The monoisotopic (exact) mass is 670 g/mol. The summed E-state index contributed by atoms with van der Waals surface area (Å²) in [6.45, 7) is 0.475. The van der Waals surface area contributed by atoms with Crippen molar-refractivity contribution >= 4 is 33.7 Å². The molecule has 3 N–H and O–H groups in total. The molecule has 0 bridgehead atoms. The first kappa shape index (κ1) is 32.4. The fraction of sp³-hybridized carbons (Fsp3) is 0.0417. The van der Waals surface area contributed by atoms with Crippen LogP contribution in [0.1, 0.15) is 39.4 Å². The second-order valence-electron chi connectivity index (χ2n) is 12.9. The van der Waals surface area contributed by atoms with Crippen LogP contribution in [0, 0.1) is 0 Å². The van der Waals surface area contributed by atoms with Crippen molar-refractivity contribution < 1.29 is 0 Å². The summed E-state index contributed by atoms with van der Waals surface area (Å²) in [7, 11) is 0. The summed E-state index contributed by atoms with van der Waals surface area (Å²) in [6.07, 6.45) is 4.56. The van der Waals surface area contributed by atoms with Crippen LogP contribution < -0.4 is 11.1 Å². The van der Waals surface area contributed by atoms with Gasteiger partial charge in [-0.1, -0.05) is 182 Å². The highest BCUT2D eigenvalue weighted by Crippen LogP contribution is 2.35. The zero-order valence-electron chi connectivity index (χ0n) is 28.7. The van der Waals surface area contributed by atoms with Crippen LogP contribution in [-0.4, -0.2) is 11.7 Å². The molecule has 1 aliphatic heterocycles. The maximum absolute atomic E-state index is 6.70. The van der Waals surface area contributed by atoms with E-state index < -0.39 is 0 Å². The third kappa shape index (κ3) is 7.09. The minimum atomic E-state index is 0.0412. The summed E-state index contributed by atoms with van der Waals surface area (Å²) >= 11 is 0. The van der Waals surface area contributed by atoms with Crippen LogP contribution in [0.25, 0.3) is 33.2 Å². The molecule has 52 heavy (non-hydrogen) atoms. The van der Waals surface area contributed by atoms with Crippen LogP contribution in [0.5, 0.6) is 0 Å². The van der Waals surface area contributed by atoms with E-state index in [1.54, 1.807) is 0 Å². The Morgan fingerprint density at radius 1 is 0.577 bits per heavy atom. The number of aliphatic imine (C=N–C) groups is 2. The number of hydrogen-bond acceptors (Lipinski definition) is 2. The highest BCUT2D eigenvalue weighted by Gasteiger charge is 2.20. The quantitative estimate of drug-likeness (QED) is 0.125. The van der Waals surface area contributed by atoms with E-state index in [4.69, 9.17) is 15.7 Å². The summed E-state index contributed by atoms with van der Waals surface area (Å²) < 4.78 is 0. The van der Waals surface area contributed by atoms with E-state index in [1.165, 1.54) is 16.7 Å². The first-order valence-electron chi connectivity index (χ1n) is 17.6. The third-order valence-corrected chi connectivity index (χ3v) is 9.43. The second kappa shape index (κ2) is 15.0. The molecule has 7 aromatic carbocycles. The van der Waals surface area contributed by atoms with Crippen LogP contribution >= 0.6 is 0 Å². The molecule has 0 aromatic heterocycles. The van der Waals surface area contributed by atoms with Crippen LogP contribution in [0.2, 0.25) is 0 Å². The molecular weight excluding hydrogens is 633 g/mol. The van der Waals surface area contributed by atoms with Gasteiger partial charge in [-0.3, -0.25) is 4.99 Å². The van der Waals surface area contributed by atoms with Gasteiger partial charge in [0.1, 0.15) is 5.84 Å². The molecular formula is C48H38N4. The summed E-state index contributed by atoms with van der Waals surface area (Å²) in [5.74, 6) is 1.02. The molecule has 0 aliphatic carbocycles. The Morgan fingerprint density at radius 2 is 1.19 bits per heavy atom. The number of benzene rings is 7. The van der Waals surface area contributed by atoms with Gasteiger partial charge in [-0.25, -0.2) is 4.99 Å². The second-order valence-corrected chi connectivity index (χ2v) is 12.9. The minimum Gasteiger partial charge on any atom is -0.383 e. The number of nitrogens with one attached hydrogen (secondary N) is 1. The zero-order valence-corrected chi connectivity index (χ0v) is 28.7. The van der Waals surface area contributed by atoms with Gasteiger partial charge in [-0.2, -0.15) is 0 Å². The van der Waals surface area contributed by atoms with Crippen LogP contribution in [0.15, 0.2) is 204 Å². The molecule has 0 saturated carbocycles. The van der Waals surface area contributed by atoms with Crippen LogP contribution in [0.3, 0.4) is 0 Å². The molecule has 4 nitrogen and oxygen atoms in total. The highest BCUT2D eigenvalue weighted by atomic mass is 15.0. The Morgan fingerprint density at radius 3 is 1.92 bits per heavy atom. The van der Waals surface area contributed by atoms with E-state index in [9.17, 15) is 0 Å². The Kier molecular flexibility index (Phi) is 9.35. The molecule has 0 amide bonds. The Hall–Kier alpha value is -6.78. The van der Waals surface area contributed by atoms with Crippen molar-refractivity contribution in [2.45, 2.75) is 12.6 Å². The van der Waals surface area contributed by atoms with Crippen molar-refractivity contribution in [3.05, 3.63) is 228 Å². The number of rotatable bonds is 8. The number of dihydropyridines is 1. The normalized spacial score (nSPS) is 14.7. The minimum absolute atomic E-state index is 0.0412. The fourth-order valence-corrected chi connectivity index (χ4v) is 6.74.